The van der Waals surface area contributed by atoms with Crippen molar-refractivity contribution in [3.8, 4) is 17.2 Å². The fourth-order valence-electron chi connectivity index (χ4n) is 8.70. The summed E-state index contributed by atoms with van der Waals surface area (Å²) in [5, 5.41) is 1.48. The predicted octanol–water partition coefficient (Wildman–Crippen LogP) is 7.15. The minimum absolute atomic E-state index is 0.00163. The van der Waals surface area contributed by atoms with Crippen molar-refractivity contribution < 1.29 is 66.4 Å². The highest BCUT2D eigenvalue weighted by atomic mass is 35.5. The largest absolute Gasteiger partial charge is 0.524 e. The zero-order valence-electron chi connectivity index (χ0n) is 35.7. The smallest absolute Gasteiger partial charge is 0.491 e. The number of carbonyl (C=O) groups is 4. The van der Waals surface area contributed by atoms with Gasteiger partial charge in [0.2, 0.25) is 11.8 Å². The Balaban J connectivity index is 1.05. The summed E-state index contributed by atoms with van der Waals surface area (Å²) in [5.41, 5.74) is 3.21. The second-order valence-electron chi connectivity index (χ2n) is 16.0. The van der Waals surface area contributed by atoms with Gasteiger partial charge < -0.3 is 28.3 Å². The van der Waals surface area contributed by atoms with Gasteiger partial charge in [-0.15, -0.1) is 23.2 Å². The van der Waals surface area contributed by atoms with Crippen LogP contribution < -0.4 is 23.6 Å². The summed E-state index contributed by atoms with van der Waals surface area (Å²) in [4.78, 5) is 95.2. The molecule has 8 rings (SSSR count). The maximum atomic E-state index is 14.0. The number of hydrogen-bond donors (Lipinski definition) is 5. The van der Waals surface area contributed by atoms with Crippen LogP contribution >= 0.6 is 51.5 Å². The molecule has 0 radical (unpaired) electrons. The zero-order valence-corrected chi connectivity index (χ0v) is 39.9. The second kappa shape index (κ2) is 20.4. The number of benzene rings is 5. The molecule has 5 aromatic rings. The van der Waals surface area contributed by atoms with E-state index in [1.165, 1.54) is 40.2 Å². The minimum atomic E-state index is -4.98. The zero-order chi connectivity index (χ0) is 48.5. The third-order valence-corrected chi connectivity index (χ3v) is 13.6. The first-order chi connectivity index (χ1) is 32.4. The van der Waals surface area contributed by atoms with Crippen molar-refractivity contribution in [1.82, 2.24) is 4.90 Å². The van der Waals surface area contributed by atoms with E-state index < -0.39 is 32.7 Å². The summed E-state index contributed by atoms with van der Waals surface area (Å²) in [6, 6.07) is 21.7. The Morgan fingerprint density at radius 2 is 1.21 bits per heavy atom. The first-order valence-corrected chi connectivity index (χ1v) is 25.7. The molecule has 0 aromatic heterocycles. The maximum Gasteiger partial charge on any atom is 0.524 e. The Bertz CT molecular complexity index is 3000. The number of nitrogens with zero attached hydrogens (tertiary/aromatic N) is 3. The van der Waals surface area contributed by atoms with Gasteiger partial charge in [0.15, 0.2) is 0 Å². The number of hydrogen-bond acceptors (Lipinski definition) is 11. The van der Waals surface area contributed by atoms with E-state index in [0.717, 1.165) is 16.0 Å². The minimum Gasteiger partial charge on any atom is -0.491 e. The fraction of sp³-hybridized carbons (Fsp3) is 0.261. The normalized spacial score (nSPS) is 18.4. The number of fused-ring (bicyclic) bond motifs is 6. The van der Waals surface area contributed by atoms with E-state index in [1.54, 1.807) is 72.8 Å². The molecule has 22 heteroatoms. The summed E-state index contributed by atoms with van der Waals surface area (Å²) in [6.07, 6.45) is 5.77. The summed E-state index contributed by atoms with van der Waals surface area (Å²) >= 11 is 17.0. The van der Waals surface area contributed by atoms with Crippen LogP contribution in [0.4, 0.5) is 11.4 Å². The number of phosphoric acid groups is 2. The van der Waals surface area contributed by atoms with E-state index in [9.17, 15) is 47.9 Å². The summed E-state index contributed by atoms with van der Waals surface area (Å²) in [5.74, 6) is -1.84. The molecule has 4 N–H and O–H groups in total. The first kappa shape index (κ1) is 49.2. The molecule has 0 saturated carbocycles. The summed E-state index contributed by atoms with van der Waals surface area (Å²) in [6.45, 7) is 0.520. The number of carbonyl (C=O) groups excluding carboxylic acids is 4. The van der Waals surface area contributed by atoms with Crippen LogP contribution in [0.1, 0.15) is 40.5 Å². The Morgan fingerprint density at radius 3 is 1.69 bits per heavy atom. The van der Waals surface area contributed by atoms with E-state index in [2.05, 4.69) is 12.6 Å². The number of anilines is 2. The Kier molecular flexibility index (Phi) is 14.8. The lowest BCUT2D eigenvalue weighted by Gasteiger charge is -2.18. The quantitative estimate of drug-likeness (QED) is 0.0156. The molecule has 0 bridgehead atoms. The van der Waals surface area contributed by atoms with Gasteiger partial charge in [0.05, 0.1) is 36.4 Å². The van der Waals surface area contributed by atoms with Crippen LogP contribution in [0.2, 0.25) is 0 Å². The molecule has 1 fully saturated rings. The molecule has 68 heavy (non-hydrogen) atoms. The van der Waals surface area contributed by atoms with Crippen molar-refractivity contribution >= 4 is 120 Å². The molecule has 5 aromatic carbocycles. The van der Waals surface area contributed by atoms with Gasteiger partial charge in [-0.25, -0.2) is 9.13 Å². The van der Waals surface area contributed by atoms with Gasteiger partial charge in [-0.2, -0.15) is 12.6 Å². The van der Waals surface area contributed by atoms with Crippen molar-refractivity contribution in [1.29, 1.82) is 0 Å². The fourth-order valence-corrected chi connectivity index (χ4v) is 10.3. The Labute approximate surface area is 404 Å². The molecule has 0 spiro atoms. The van der Waals surface area contributed by atoms with E-state index in [-0.39, 0.29) is 92.8 Å². The molecule has 3 aliphatic rings. The third-order valence-electron chi connectivity index (χ3n) is 11.6. The number of halogens is 2. The SMILES string of the molecule is O=C1CC(S)C(=O)N1CCOCCOc1cc(/C=C/C(=O)N2C[C@@H](CCl)c3c2cc(OP(=O)(O)O)c2ccccc32)ccc1/C=C/C(=O)N1C[C@@H](CCl)c2c1cc(OP(=O)(O)O)c1ccccc21. The van der Waals surface area contributed by atoms with Crippen LogP contribution in [0, 0.1) is 0 Å². The van der Waals surface area contributed by atoms with Gasteiger partial charge in [-0.3, -0.25) is 43.7 Å². The van der Waals surface area contributed by atoms with Crippen LogP contribution in [0.25, 0.3) is 33.7 Å². The van der Waals surface area contributed by atoms with Crippen LogP contribution in [-0.2, 0) is 33.0 Å². The average molecular weight is 1030 g/mol. The molecular weight excluding hydrogens is 983 g/mol. The van der Waals surface area contributed by atoms with E-state index in [4.69, 9.17) is 41.7 Å². The highest BCUT2D eigenvalue weighted by Gasteiger charge is 2.38. The molecule has 3 atom stereocenters. The number of ether oxygens (including phenoxy) is 2. The summed E-state index contributed by atoms with van der Waals surface area (Å²) in [7, 11) is -9.95. The highest BCUT2D eigenvalue weighted by molar-refractivity contribution is 7.81. The second-order valence-corrected chi connectivity index (χ2v) is 19.6. The first-order valence-electron chi connectivity index (χ1n) is 21.0. The lowest BCUT2D eigenvalue weighted by atomic mass is 9.95. The van der Waals surface area contributed by atoms with Gasteiger partial charge >= 0.3 is 15.6 Å². The van der Waals surface area contributed by atoms with Crippen LogP contribution in [0.3, 0.4) is 0 Å². The van der Waals surface area contributed by atoms with Crippen molar-refractivity contribution in [3.05, 3.63) is 113 Å². The Morgan fingerprint density at radius 1 is 0.691 bits per heavy atom. The van der Waals surface area contributed by atoms with Gasteiger partial charge in [-0.1, -0.05) is 60.7 Å². The van der Waals surface area contributed by atoms with Crippen molar-refractivity contribution in [2.75, 3.05) is 61.0 Å². The number of alkyl halides is 2. The van der Waals surface area contributed by atoms with Crippen LogP contribution in [0.15, 0.2) is 91.0 Å². The number of imide groups is 1. The molecule has 17 nitrogen and oxygen atoms in total. The lowest BCUT2D eigenvalue weighted by molar-refractivity contribution is -0.139. The molecule has 3 heterocycles. The van der Waals surface area contributed by atoms with E-state index in [0.29, 0.717) is 49.8 Å². The molecule has 1 saturated heterocycles. The van der Waals surface area contributed by atoms with Gasteiger partial charge in [0.1, 0.15) is 23.9 Å². The van der Waals surface area contributed by atoms with E-state index in [1.807, 2.05) is 0 Å². The van der Waals surface area contributed by atoms with Gasteiger partial charge in [0, 0.05) is 83.7 Å². The summed E-state index contributed by atoms with van der Waals surface area (Å²) < 4.78 is 45.9. The number of amides is 4. The predicted molar refractivity (Wildman–Crippen MR) is 260 cm³/mol. The molecule has 3 aliphatic heterocycles. The highest BCUT2D eigenvalue weighted by Crippen LogP contribution is 2.51. The molecule has 4 amide bonds. The maximum absolute atomic E-state index is 14.0. The monoisotopic (exact) mass is 1030 g/mol. The molecule has 0 aliphatic carbocycles. The molecular formula is C46H43Cl2N3O14P2S. The van der Waals surface area contributed by atoms with Crippen LogP contribution in [-0.4, -0.2) is 105 Å². The van der Waals surface area contributed by atoms with Crippen LogP contribution in [0.5, 0.6) is 17.2 Å². The molecule has 1 unspecified atom stereocenters. The topological polar surface area (TPSA) is 230 Å². The van der Waals surface area contributed by atoms with Crippen molar-refractivity contribution in [3.63, 3.8) is 0 Å². The lowest BCUT2D eigenvalue weighted by Crippen LogP contribution is -2.34. The van der Waals surface area contributed by atoms with Gasteiger partial charge in [-0.05, 0) is 45.7 Å². The number of phosphoric ester groups is 2. The average Bonchev–Trinajstić information content (AvgIpc) is 3.95. The number of thiol groups is 1. The third kappa shape index (κ3) is 10.7. The standard InChI is InChI=1S/C46H43Cl2N3O14P2S/c47-23-29-25-50(35-20-38(64-66(56,57)58)31-5-1-3-7-33(31)44(29)35)41(52)13-10-27-9-11-28(37(19-27)63-18-17-62-16-15-49-43(54)22-40(68)46(49)55)12-14-42(53)51-26-30(24-48)45-34-8-4-2-6-32(34)39(21-36(45)51)65-67(59,60)61/h1-14,19-21,29-30,40,68H,15-18,22-26H2,(H2,56,57,58)(H2,59,60,61)/b13-10+,14-12+/t29-,30-,40?/m1/s1. The molecule has 356 valence electrons. The number of rotatable bonds is 17. The Hall–Kier alpha value is -5.23. The van der Waals surface area contributed by atoms with Crippen molar-refractivity contribution in [2.45, 2.75) is 23.5 Å². The number of likely N-dealkylation sites (tertiary alicyclic amines) is 1. The van der Waals surface area contributed by atoms with E-state index >= 15 is 0 Å². The van der Waals surface area contributed by atoms with Gasteiger partial charge in [0.25, 0.3) is 11.8 Å². The van der Waals surface area contributed by atoms with Crippen molar-refractivity contribution in [2.24, 2.45) is 0 Å².